The summed E-state index contributed by atoms with van der Waals surface area (Å²) in [7, 11) is 0. The van der Waals surface area contributed by atoms with E-state index in [1.165, 1.54) is 18.4 Å². The van der Waals surface area contributed by atoms with E-state index in [0.717, 1.165) is 25.7 Å². The van der Waals surface area contributed by atoms with Crippen molar-refractivity contribution in [3.8, 4) is 0 Å². The number of rotatable bonds is 7. The fourth-order valence-corrected chi connectivity index (χ4v) is 4.68. The van der Waals surface area contributed by atoms with E-state index >= 15 is 0 Å². The molecule has 0 saturated carbocycles. The third-order valence-corrected chi connectivity index (χ3v) is 6.20. The Morgan fingerprint density at radius 3 is 2.68 bits per heavy atom. The monoisotopic (exact) mass is 306 g/mol. The molecule has 2 fully saturated rings. The molecule has 22 heavy (non-hydrogen) atoms. The lowest BCUT2D eigenvalue weighted by Crippen LogP contribution is -2.43. The molecule has 5 atom stereocenters. The average molecular weight is 306 g/mol. The van der Waals surface area contributed by atoms with Gasteiger partial charge in [0.15, 0.2) is 0 Å². The van der Waals surface area contributed by atoms with Crippen LogP contribution in [0, 0.1) is 11.3 Å². The fourth-order valence-electron chi connectivity index (χ4n) is 4.68. The Balaban J connectivity index is 2.12. The molecule has 0 aliphatic carbocycles. The average Bonchev–Trinajstić information content (AvgIpc) is 2.89. The van der Waals surface area contributed by atoms with Crippen molar-refractivity contribution < 1.29 is 9.84 Å². The van der Waals surface area contributed by atoms with Gasteiger partial charge in [0, 0.05) is 0 Å². The van der Waals surface area contributed by atoms with E-state index < -0.39 is 5.60 Å². The van der Waals surface area contributed by atoms with Crippen LogP contribution in [0.4, 0.5) is 0 Å². The molecule has 2 aliphatic rings. The molecule has 0 spiro atoms. The van der Waals surface area contributed by atoms with Gasteiger partial charge in [0.1, 0.15) is 0 Å². The first-order chi connectivity index (χ1) is 10.1. The molecule has 0 aromatic heterocycles. The lowest BCUT2D eigenvalue weighted by atomic mass is 9.59. The zero-order valence-electron chi connectivity index (χ0n) is 15.1. The minimum atomic E-state index is -0.765. The second-order valence-electron chi connectivity index (χ2n) is 8.44. The lowest BCUT2D eigenvalue weighted by Gasteiger charge is -2.43. The normalized spacial score (nSPS) is 39.5. The summed E-state index contributed by atoms with van der Waals surface area (Å²) in [5.74, 6) is 0.524. The molecule has 2 rings (SSSR count). The van der Waals surface area contributed by atoms with Gasteiger partial charge in [-0.15, -0.1) is 6.58 Å². The quantitative estimate of drug-likeness (QED) is 0.669. The Labute approximate surface area is 136 Å². The van der Waals surface area contributed by atoms with Gasteiger partial charge < -0.3 is 9.84 Å². The SMILES string of the molecule is C=CC(C)(O)CCC1C2(C)CCC(O2)C1(C)CCC=C(C)C. The number of fused-ring (bicyclic) bond motifs is 2. The molecule has 0 radical (unpaired) electrons. The Bertz CT molecular complexity index is 447. The number of ether oxygens (including phenoxy) is 1. The van der Waals surface area contributed by atoms with E-state index in [-0.39, 0.29) is 11.0 Å². The van der Waals surface area contributed by atoms with Gasteiger partial charge in [-0.25, -0.2) is 0 Å². The highest BCUT2D eigenvalue weighted by Gasteiger charge is 2.61. The van der Waals surface area contributed by atoms with Gasteiger partial charge in [-0.2, -0.15) is 0 Å². The summed E-state index contributed by atoms with van der Waals surface area (Å²) < 4.78 is 6.42. The predicted octanol–water partition coefficient (Wildman–Crippen LogP) is 5.02. The Morgan fingerprint density at radius 2 is 2.09 bits per heavy atom. The third-order valence-electron chi connectivity index (χ3n) is 6.20. The first-order valence-corrected chi connectivity index (χ1v) is 8.80. The molecule has 0 aromatic carbocycles. The van der Waals surface area contributed by atoms with Gasteiger partial charge in [0.2, 0.25) is 0 Å². The van der Waals surface area contributed by atoms with Crippen molar-refractivity contribution in [1.82, 2.24) is 0 Å². The van der Waals surface area contributed by atoms with E-state index in [9.17, 15) is 5.11 Å². The number of allylic oxidation sites excluding steroid dienone is 2. The Hall–Kier alpha value is -0.600. The second-order valence-corrected chi connectivity index (χ2v) is 8.44. The summed E-state index contributed by atoms with van der Waals surface area (Å²) in [4.78, 5) is 0. The van der Waals surface area contributed by atoms with Crippen LogP contribution in [-0.2, 0) is 4.74 Å². The highest BCUT2D eigenvalue weighted by Crippen LogP contribution is 2.61. The third kappa shape index (κ3) is 3.33. The highest BCUT2D eigenvalue weighted by atomic mass is 16.5. The van der Waals surface area contributed by atoms with E-state index in [1.54, 1.807) is 6.08 Å². The maximum absolute atomic E-state index is 10.3. The van der Waals surface area contributed by atoms with Crippen LogP contribution in [-0.4, -0.2) is 22.4 Å². The van der Waals surface area contributed by atoms with E-state index in [2.05, 4.69) is 40.3 Å². The Kier molecular flexibility index (Phi) is 4.94. The van der Waals surface area contributed by atoms with Crippen molar-refractivity contribution in [2.45, 2.75) is 90.4 Å². The zero-order valence-corrected chi connectivity index (χ0v) is 15.1. The first-order valence-electron chi connectivity index (χ1n) is 8.80. The molecule has 2 saturated heterocycles. The molecule has 1 N–H and O–H groups in total. The van der Waals surface area contributed by atoms with E-state index in [4.69, 9.17) is 4.74 Å². The van der Waals surface area contributed by atoms with Crippen LogP contribution in [0.1, 0.15) is 73.1 Å². The summed E-state index contributed by atoms with van der Waals surface area (Å²) in [6.07, 6.45) is 10.8. The number of hydrogen-bond acceptors (Lipinski definition) is 2. The van der Waals surface area contributed by atoms with Crippen molar-refractivity contribution in [1.29, 1.82) is 0 Å². The van der Waals surface area contributed by atoms with Crippen molar-refractivity contribution in [2.24, 2.45) is 11.3 Å². The molecule has 2 heterocycles. The van der Waals surface area contributed by atoms with Crippen molar-refractivity contribution in [3.63, 3.8) is 0 Å². The maximum Gasteiger partial charge on any atom is 0.0797 e. The summed E-state index contributed by atoms with van der Waals surface area (Å²) in [5.41, 5.74) is 0.863. The molecular weight excluding hydrogens is 272 g/mol. The Morgan fingerprint density at radius 1 is 1.41 bits per heavy atom. The van der Waals surface area contributed by atoms with Crippen LogP contribution in [0.3, 0.4) is 0 Å². The molecular formula is C20H34O2. The summed E-state index contributed by atoms with van der Waals surface area (Å²) in [6.45, 7) is 14.6. The molecule has 126 valence electrons. The van der Waals surface area contributed by atoms with Crippen LogP contribution < -0.4 is 0 Å². The van der Waals surface area contributed by atoms with Gasteiger partial charge >= 0.3 is 0 Å². The predicted molar refractivity (Wildman–Crippen MR) is 92.8 cm³/mol. The first kappa shape index (κ1) is 17.7. The van der Waals surface area contributed by atoms with Gasteiger partial charge in [-0.3, -0.25) is 0 Å². The molecule has 5 unspecified atom stereocenters. The van der Waals surface area contributed by atoms with Crippen LogP contribution in [0.15, 0.2) is 24.3 Å². The maximum atomic E-state index is 10.3. The number of hydrogen-bond donors (Lipinski definition) is 1. The topological polar surface area (TPSA) is 29.5 Å². The van der Waals surface area contributed by atoms with Gasteiger partial charge in [-0.05, 0) is 77.6 Å². The summed E-state index contributed by atoms with van der Waals surface area (Å²) in [5, 5.41) is 10.3. The van der Waals surface area contributed by atoms with Crippen LogP contribution >= 0.6 is 0 Å². The van der Waals surface area contributed by atoms with Crippen molar-refractivity contribution in [2.75, 3.05) is 0 Å². The van der Waals surface area contributed by atoms with Crippen molar-refractivity contribution in [3.05, 3.63) is 24.3 Å². The molecule has 2 aliphatic heterocycles. The minimum Gasteiger partial charge on any atom is -0.386 e. The molecule has 2 heteroatoms. The highest BCUT2D eigenvalue weighted by molar-refractivity contribution is 5.11. The smallest absolute Gasteiger partial charge is 0.0797 e. The minimum absolute atomic E-state index is 0.00163. The molecule has 2 bridgehead atoms. The molecule has 0 aromatic rings. The second kappa shape index (κ2) is 6.13. The molecule has 2 nitrogen and oxygen atoms in total. The number of aliphatic hydroxyl groups is 1. The van der Waals surface area contributed by atoms with Crippen LogP contribution in [0.2, 0.25) is 0 Å². The standard InChI is InChI=1S/C20H34O2/c1-7-18(4,21)13-10-16-19(5,12-8-9-15(2)3)17-11-14-20(16,6)22-17/h7,9,16-17,21H,1,8,10-14H2,2-6H3. The van der Waals surface area contributed by atoms with Crippen LogP contribution in [0.25, 0.3) is 0 Å². The van der Waals surface area contributed by atoms with E-state index in [1.807, 2.05) is 6.92 Å². The largest absolute Gasteiger partial charge is 0.386 e. The van der Waals surface area contributed by atoms with E-state index in [0.29, 0.717) is 12.0 Å². The van der Waals surface area contributed by atoms with Crippen molar-refractivity contribution >= 4 is 0 Å². The summed E-state index contributed by atoms with van der Waals surface area (Å²) in [6, 6.07) is 0. The lowest BCUT2D eigenvalue weighted by molar-refractivity contribution is -0.000268. The zero-order chi connectivity index (χ0) is 16.6. The van der Waals surface area contributed by atoms with Gasteiger partial charge in [-0.1, -0.05) is 24.6 Å². The van der Waals surface area contributed by atoms with Gasteiger partial charge in [0.05, 0.1) is 17.3 Å². The van der Waals surface area contributed by atoms with Gasteiger partial charge in [0.25, 0.3) is 0 Å². The fraction of sp³-hybridized carbons (Fsp3) is 0.800. The van der Waals surface area contributed by atoms with Crippen LogP contribution in [0.5, 0.6) is 0 Å². The summed E-state index contributed by atoms with van der Waals surface area (Å²) >= 11 is 0. The molecule has 0 amide bonds.